The molecule has 11 atom stereocenters. The molecular formula is C24H29N8O18P3-2. The molecule has 2 saturated heterocycles. The third-order valence-electron chi connectivity index (χ3n) is 8.05. The molecule has 0 bridgehead atoms. The largest absolute Gasteiger partial charge is 0.756 e. The average Bonchev–Trinajstić information content (AvgIpc) is 3.76. The van der Waals surface area contributed by atoms with Crippen molar-refractivity contribution in [3.63, 3.8) is 0 Å². The number of nitrogens with zero attached hydrogens (tertiary/aromatic N) is 4. The van der Waals surface area contributed by atoms with Gasteiger partial charge in [0.15, 0.2) is 23.7 Å². The summed E-state index contributed by atoms with van der Waals surface area (Å²) in [5, 5.41) is 31.9. The molecule has 0 radical (unpaired) electrons. The normalized spacial score (nSPS) is 30.4. The minimum absolute atomic E-state index is 0.0327. The zero-order valence-electron chi connectivity index (χ0n) is 26.9. The summed E-state index contributed by atoms with van der Waals surface area (Å²) in [7, 11) is -17.2. The Labute approximate surface area is 295 Å². The van der Waals surface area contributed by atoms with E-state index in [1.54, 1.807) is 0 Å². The minimum Gasteiger partial charge on any atom is -0.756 e. The number of rotatable bonds is 13. The van der Waals surface area contributed by atoms with Gasteiger partial charge in [-0.2, -0.15) is 4.98 Å². The van der Waals surface area contributed by atoms with E-state index in [0.29, 0.717) is 5.57 Å². The smallest absolute Gasteiger partial charge is 0.332 e. The van der Waals surface area contributed by atoms with Crippen molar-refractivity contribution in [1.82, 2.24) is 24.5 Å². The van der Waals surface area contributed by atoms with Crippen LogP contribution in [0.3, 0.4) is 0 Å². The molecule has 0 saturated carbocycles. The van der Waals surface area contributed by atoms with E-state index in [1.165, 1.54) is 19.2 Å². The topological polar surface area (TPSA) is 397 Å². The lowest BCUT2D eigenvalue weighted by Crippen LogP contribution is -2.42. The number of methoxy groups -OCH3 is 1. The molecule has 6 unspecified atom stereocenters. The summed E-state index contributed by atoms with van der Waals surface area (Å²) in [6.07, 6.45) is -8.41. The second kappa shape index (κ2) is 14.3. The molecule has 6 rings (SSSR count). The molecule has 290 valence electrons. The van der Waals surface area contributed by atoms with Crippen molar-refractivity contribution in [2.75, 3.05) is 36.7 Å². The molecule has 53 heavy (non-hydrogen) atoms. The molecule has 29 heteroatoms. The molecule has 0 aliphatic carbocycles. The van der Waals surface area contributed by atoms with Crippen molar-refractivity contribution in [1.29, 1.82) is 0 Å². The fourth-order valence-corrected chi connectivity index (χ4v) is 9.20. The Hall–Kier alpha value is -3.48. The van der Waals surface area contributed by atoms with Gasteiger partial charge in [0.25, 0.3) is 29.0 Å². The van der Waals surface area contributed by atoms with Gasteiger partial charge in [0, 0.05) is 13.3 Å². The van der Waals surface area contributed by atoms with Gasteiger partial charge in [0.05, 0.1) is 18.6 Å². The zero-order chi connectivity index (χ0) is 38.8. The van der Waals surface area contributed by atoms with Crippen molar-refractivity contribution in [3.8, 4) is 0 Å². The number of anilines is 3. The Morgan fingerprint density at radius 2 is 1.47 bits per heavy atom. The van der Waals surface area contributed by atoms with E-state index in [0.717, 1.165) is 16.6 Å². The number of phosphoric ester groups is 2. The number of hydrogen-bond donors (Lipinski definition) is 7. The maximum atomic E-state index is 12.4. The maximum Gasteiger partial charge on any atom is 0.332 e. The summed E-state index contributed by atoms with van der Waals surface area (Å²) in [5.41, 5.74) is 10.3. The van der Waals surface area contributed by atoms with Crippen LogP contribution in [0, 0.1) is 6.20 Å². The second-order valence-electron chi connectivity index (χ2n) is 11.6. The van der Waals surface area contributed by atoms with Crippen LogP contribution < -0.4 is 42.2 Å². The molecule has 26 nitrogen and oxygen atoms in total. The van der Waals surface area contributed by atoms with E-state index < -0.39 is 96.9 Å². The zero-order valence-corrected chi connectivity index (χ0v) is 29.6. The Balaban J connectivity index is 1.05. The number of fused-ring (bicyclic) bond motifs is 2. The second-order valence-corrected chi connectivity index (χ2v) is 16.1. The van der Waals surface area contributed by atoms with Crippen LogP contribution in [-0.2, 0) is 45.6 Å². The molecule has 3 aromatic heterocycles. The van der Waals surface area contributed by atoms with Gasteiger partial charge < -0.3 is 69.3 Å². The maximum absolute atomic E-state index is 12.4. The van der Waals surface area contributed by atoms with Crippen LogP contribution in [0.2, 0.25) is 0 Å². The number of nitrogen functional groups attached to an aromatic ring is 2. The molecular weight excluding hydrogens is 781 g/mol. The van der Waals surface area contributed by atoms with Crippen LogP contribution in [0.5, 0.6) is 0 Å². The number of aliphatic hydroxyl groups is 3. The number of phosphoric acid groups is 3. The highest BCUT2D eigenvalue weighted by molar-refractivity contribution is 7.65. The first-order valence-electron chi connectivity index (χ1n) is 14.9. The first-order chi connectivity index (χ1) is 24.7. The highest BCUT2D eigenvalue weighted by Gasteiger charge is 2.53. The molecule has 0 amide bonds. The van der Waals surface area contributed by atoms with Gasteiger partial charge in [0.1, 0.15) is 42.8 Å². The van der Waals surface area contributed by atoms with E-state index >= 15 is 0 Å². The first kappa shape index (κ1) is 39.2. The average molecular weight is 810 g/mol. The molecule has 0 spiro atoms. The highest BCUT2D eigenvalue weighted by atomic mass is 31.3. The van der Waals surface area contributed by atoms with Crippen molar-refractivity contribution < 1.29 is 75.6 Å². The fraction of sp³-hybridized carbons (Fsp3) is 0.500. The number of allylic oxidation sites excluding steroid dienone is 1. The van der Waals surface area contributed by atoms with Crippen LogP contribution in [-0.4, -0.2) is 103 Å². The SMILES string of the molecule is COC1C(O)[C@H](N2[C+]=C(C)c3c2nc(N)[nH]c3=O)O[C@@H]1COP(=O)([O-])OP(=O)([O-])OP(=O)([O-])OC[C@H]1O[C@@H](n2ccc3c(=O)[nH]c(N)nc32)[C@@H](O)C1O. The van der Waals surface area contributed by atoms with Gasteiger partial charge in [-0.25, -0.2) is 8.62 Å². The Morgan fingerprint density at radius 3 is 2.11 bits per heavy atom. The van der Waals surface area contributed by atoms with Gasteiger partial charge in [-0.05, 0) is 13.0 Å². The number of H-pyrrole nitrogens is 2. The molecule has 6 heterocycles. The van der Waals surface area contributed by atoms with Gasteiger partial charge >= 0.3 is 11.4 Å². The third kappa shape index (κ3) is 7.87. The van der Waals surface area contributed by atoms with E-state index in [-0.39, 0.29) is 34.3 Å². The summed E-state index contributed by atoms with van der Waals surface area (Å²) in [4.78, 5) is 75.3. The van der Waals surface area contributed by atoms with Crippen LogP contribution in [0.15, 0.2) is 21.9 Å². The van der Waals surface area contributed by atoms with Crippen molar-refractivity contribution in [2.45, 2.75) is 56.0 Å². The van der Waals surface area contributed by atoms with Crippen molar-refractivity contribution in [2.24, 2.45) is 0 Å². The highest BCUT2D eigenvalue weighted by Crippen LogP contribution is 2.63. The first-order valence-corrected chi connectivity index (χ1v) is 19.3. The molecule has 3 aliphatic rings. The van der Waals surface area contributed by atoms with Crippen LogP contribution in [0.1, 0.15) is 18.7 Å². The molecule has 3 aromatic rings. The van der Waals surface area contributed by atoms with Crippen LogP contribution in [0.4, 0.5) is 17.7 Å². The number of aromatic nitrogens is 5. The lowest BCUT2D eigenvalue weighted by atomic mass is 10.1. The Kier molecular flexibility index (Phi) is 10.6. The van der Waals surface area contributed by atoms with E-state index in [2.05, 4.69) is 43.8 Å². The summed E-state index contributed by atoms with van der Waals surface area (Å²) in [6, 6.07) is 1.30. The summed E-state index contributed by atoms with van der Waals surface area (Å²) in [6.45, 7) is -0.707. The lowest BCUT2D eigenvalue weighted by molar-refractivity contribution is -0.252. The molecule has 0 aromatic carbocycles. The summed E-state index contributed by atoms with van der Waals surface area (Å²) >= 11 is 0. The number of aromatic amines is 2. The van der Waals surface area contributed by atoms with Crippen molar-refractivity contribution in [3.05, 3.63) is 44.7 Å². The number of nitrogens with two attached hydrogens (primary N) is 2. The predicted octanol–water partition coefficient (Wildman–Crippen LogP) is -4.15. The molecule has 2 fully saturated rings. The Bertz CT molecular complexity index is 2200. The lowest BCUT2D eigenvalue weighted by Gasteiger charge is -2.35. The van der Waals surface area contributed by atoms with Crippen LogP contribution in [0.25, 0.3) is 16.6 Å². The van der Waals surface area contributed by atoms with E-state index in [1.807, 2.05) is 0 Å². The van der Waals surface area contributed by atoms with E-state index in [4.69, 9.17) is 25.7 Å². The predicted molar refractivity (Wildman–Crippen MR) is 167 cm³/mol. The number of ether oxygens (including phenoxy) is 3. The summed E-state index contributed by atoms with van der Waals surface area (Å²) in [5.74, 6) is -0.596. The third-order valence-corrected chi connectivity index (χ3v) is 12.2. The van der Waals surface area contributed by atoms with Gasteiger partial charge in [-0.1, -0.05) is 0 Å². The molecule has 9 N–H and O–H groups in total. The molecule has 3 aliphatic heterocycles. The number of hydrogen-bond acceptors (Lipinski definition) is 23. The standard InChI is InChI=1S/C24H31N8O18P3/c1-8-5-32(18-12(8)20(37)30-24(26)28-18)22-15(35)16(44-2)11(48-22)7-46-52(40,41)50-53(42,43)49-51(38,39)45-6-10-13(33)14(34)21(47-10)31-4-3-9-17(31)27-23(25)29-19(9)36/h3-4,10-11,13-16,21-22,33-35H,6-7H2,1-2H3,(H8-,25,26,27,28,29,30,36,37,38,39,40,41,42,43)/p-2/t10-,11-,13?,14+,15?,16?,21-,22-/m1/s1. The Morgan fingerprint density at radius 1 is 0.887 bits per heavy atom. The van der Waals surface area contributed by atoms with Crippen LogP contribution >= 0.6 is 23.5 Å². The quantitative estimate of drug-likeness (QED) is 0.0636. The number of nitrogens with one attached hydrogen (secondary N) is 2. The van der Waals surface area contributed by atoms with E-state index in [9.17, 15) is 53.3 Å². The minimum atomic E-state index is -6.35. The number of aliphatic hydroxyl groups excluding tert-OH is 3. The summed E-state index contributed by atoms with van der Waals surface area (Å²) < 4.78 is 71.3. The van der Waals surface area contributed by atoms with Crippen molar-refractivity contribution >= 4 is 57.8 Å². The fourth-order valence-electron chi connectivity index (χ4n) is 5.82. The van der Waals surface area contributed by atoms with Gasteiger partial charge in [0.2, 0.25) is 17.5 Å². The van der Waals surface area contributed by atoms with Gasteiger partial charge in [-0.3, -0.25) is 33.3 Å². The monoisotopic (exact) mass is 810 g/mol. The van der Waals surface area contributed by atoms with Gasteiger partial charge in [-0.15, -0.1) is 9.88 Å².